The molecule has 0 aliphatic heterocycles. The third-order valence-corrected chi connectivity index (χ3v) is 3.61. The number of unbranched alkanes of at least 4 members (excludes halogenated alkanes) is 1. The van der Waals surface area contributed by atoms with Gasteiger partial charge >= 0.3 is 0 Å². The van der Waals surface area contributed by atoms with Gasteiger partial charge in [0.05, 0.1) is 0 Å². The van der Waals surface area contributed by atoms with Crippen LogP contribution in [0, 0.1) is 5.92 Å². The van der Waals surface area contributed by atoms with Crippen molar-refractivity contribution in [2.45, 2.75) is 67.2 Å². The van der Waals surface area contributed by atoms with Gasteiger partial charge in [-0.2, -0.15) is 0 Å². The van der Waals surface area contributed by atoms with Crippen molar-refractivity contribution in [2.24, 2.45) is 5.92 Å². The summed E-state index contributed by atoms with van der Waals surface area (Å²) >= 11 is 0. The molecule has 0 heterocycles. The predicted octanol–water partition coefficient (Wildman–Crippen LogP) is 5.95. The molecule has 0 radical (unpaired) electrons. The van der Waals surface area contributed by atoms with Gasteiger partial charge in [-0.15, -0.1) is 0 Å². The molecule has 0 fully saturated rings. The number of hydrogen-bond donors (Lipinski definition) is 0. The Hall–Kier alpha value is -0.980. The quantitative estimate of drug-likeness (QED) is 0.446. The van der Waals surface area contributed by atoms with Crippen molar-refractivity contribution < 1.29 is 0 Å². The van der Waals surface area contributed by atoms with Crippen molar-refractivity contribution in [3.05, 3.63) is 35.6 Å². The lowest BCUT2D eigenvalue weighted by molar-refractivity contribution is 0.337. The molecule has 0 aromatic carbocycles. The first-order valence-electron chi connectivity index (χ1n) is 8.11. The first kappa shape index (κ1) is 19.0. The van der Waals surface area contributed by atoms with E-state index in [1.54, 1.807) is 0 Å². The molecule has 0 amide bonds. The van der Waals surface area contributed by atoms with E-state index in [1.807, 2.05) is 0 Å². The minimum atomic E-state index is 0.534. The molecule has 20 heavy (non-hydrogen) atoms. The van der Waals surface area contributed by atoms with Gasteiger partial charge in [0, 0.05) is 18.8 Å². The monoisotopic (exact) mass is 277 g/mol. The summed E-state index contributed by atoms with van der Waals surface area (Å²) in [6.07, 6.45) is 9.51. The molecule has 0 atom stereocenters. The summed E-state index contributed by atoms with van der Waals surface area (Å²) in [6, 6.07) is 0. The van der Waals surface area contributed by atoms with Gasteiger partial charge in [0.1, 0.15) is 0 Å². The SMILES string of the molecule is C=C(C(C)C)N(C/C=C(/C)CCC=C(C)C)CCCC. The summed E-state index contributed by atoms with van der Waals surface area (Å²) in [7, 11) is 0. The maximum atomic E-state index is 4.26. The van der Waals surface area contributed by atoms with Crippen LogP contribution in [0.5, 0.6) is 0 Å². The molecule has 0 aliphatic rings. The van der Waals surface area contributed by atoms with Crippen LogP contribution in [0.3, 0.4) is 0 Å². The van der Waals surface area contributed by atoms with Crippen molar-refractivity contribution in [2.75, 3.05) is 13.1 Å². The highest BCUT2D eigenvalue weighted by Gasteiger charge is 2.09. The van der Waals surface area contributed by atoms with Crippen molar-refractivity contribution in [3.63, 3.8) is 0 Å². The fraction of sp³-hybridized carbons (Fsp3) is 0.684. The maximum Gasteiger partial charge on any atom is 0.0358 e. The van der Waals surface area contributed by atoms with E-state index in [1.165, 1.54) is 36.1 Å². The molecular formula is C19H35N. The molecule has 0 saturated carbocycles. The number of rotatable bonds is 10. The topological polar surface area (TPSA) is 3.24 Å². The fourth-order valence-corrected chi connectivity index (χ4v) is 2.02. The molecule has 0 aromatic heterocycles. The summed E-state index contributed by atoms with van der Waals surface area (Å²) in [5, 5.41) is 0. The van der Waals surface area contributed by atoms with E-state index in [0.29, 0.717) is 5.92 Å². The van der Waals surface area contributed by atoms with Crippen molar-refractivity contribution in [1.82, 2.24) is 4.90 Å². The van der Waals surface area contributed by atoms with Gasteiger partial charge in [-0.1, -0.05) is 57.1 Å². The second-order valence-electron chi connectivity index (χ2n) is 6.32. The minimum Gasteiger partial charge on any atom is -0.371 e. The fourth-order valence-electron chi connectivity index (χ4n) is 2.02. The number of allylic oxidation sites excluding steroid dienone is 4. The largest absolute Gasteiger partial charge is 0.371 e. The van der Waals surface area contributed by atoms with Gasteiger partial charge in [-0.05, 0) is 46.0 Å². The lowest BCUT2D eigenvalue weighted by Gasteiger charge is -2.28. The highest BCUT2D eigenvalue weighted by atomic mass is 15.1. The van der Waals surface area contributed by atoms with E-state index >= 15 is 0 Å². The molecule has 0 bridgehead atoms. The molecule has 0 aliphatic carbocycles. The normalized spacial score (nSPS) is 11.7. The van der Waals surface area contributed by atoms with Gasteiger partial charge in [0.2, 0.25) is 0 Å². The number of nitrogens with zero attached hydrogens (tertiary/aromatic N) is 1. The third-order valence-electron chi connectivity index (χ3n) is 3.61. The van der Waals surface area contributed by atoms with Gasteiger partial charge in [0.25, 0.3) is 0 Å². The van der Waals surface area contributed by atoms with E-state index in [2.05, 4.69) is 65.2 Å². The van der Waals surface area contributed by atoms with Crippen LogP contribution in [0.1, 0.15) is 67.2 Å². The highest BCUT2D eigenvalue weighted by Crippen LogP contribution is 2.15. The van der Waals surface area contributed by atoms with Gasteiger partial charge < -0.3 is 4.90 Å². The average molecular weight is 277 g/mol. The second-order valence-corrected chi connectivity index (χ2v) is 6.32. The molecule has 0 rings (SSSR count). The molecule has 0 unspecified atom stereocenters. The smallest absolute Gasteiger partial charge is 0.0358 e. The predicted molar refractivity (Wildman–Crippen MR) is 92.9 cm³/mol. The van der Waals surface area contributed by atoms with Crippen LogP contribution in [-0.4, -0.2) is 18.0 Å². The van der Waals surface area contributed by atoms with Crippen molar-refractivity contribution >= 4 is 0 Å². The van der Waals surface area contributed by atoms with Gasteiger partial charge in [0.15, 0.2) is 0 Å². The zero-order valence-corrected chi connectivity index (χ0v) is 14.6. The van der Waals surface area contributed by atoms with Crippen LogP contribution >= 0.6 is 0 Å². The molecule has 0 saturated heterocycles. The molecule has 1 heteroatoms. The average Bonchev–Trinajstić information content (AvgIpc) is 2.37. The zero-order chi connectivity index (χ0) is 15.5. The molecule has 116 valence electrons. The van der Waals surface area contributed by atoms with Crippen molar-refractivity contribution in [3.8, 4) is 0 Å². The zero-order valence-electron chi connectivity index (χ0n) is 14.6. The summed E-state index contributed by atoms with van der Waals surface area (Å²) in [6.45, 7) is 19.7. The Morgan fingerprint density at radius 3 is 2.30 bits per heavy atom. The molecule has 0 aromatic rings. The van der Waals surface area contributed by atoms with Crippen LogP contribution in [0.15, 0.2) is 35.6 Å². The summed E-state index contributed by atoms with van der Waals surface area (Å²) in [4.78, 5) is 2.44. The van der Waals surface area contributed by atoms with E-state index in [-0.39, 0.29) is 0 Å². The minimum absolute atomic E-state index is 0.534. The second kappa shape index (κ2) is 10.8. The molecule has 0 N–H and O–H groups in total. The molecular weight excluding hydrogens is 242 g/mol. The first-order chi connectivity index (χ1) is 9.38. The van der Waals surface area contributed by atoms with Crippen LogP contribution in [0.2, 0.25) is 0 Å². The number of hydrogen-bond acceptors (Lipinski definition) is 1. The van der Waals surface area contributed by atoms with Crippen LogP contribution < -0.4 is 0 Å². The lowest BCUT2D eigenvalue weighted by atomic mass is 10.1. The molecule has 1 nitrogen and oxygen atoms in total. The third kappa shape index (κ3) is 9.01. The summed E-state index contributed by atoms with van der Waals surface area (Å²) in [5.74, 6) is 0.534. The van der Waals surface area contributed by atoms with E-state index in [4.69, 9.17) is 0 Å². The Labute approximate surface area is 127 Å². The van der Waals surface area contributed by atoms with E-state index < -0.39 is 0 Å². The summed E-state index contributed by atoms with van der Waals surface area (Å²) in [5.41, 5.74) is 4.17. The lowest BCUT2D eigenvalue weighted by Crippen LogP contribution is -2.26. The Morgan fingerprint density at radius 2 is 1.80 bits per heavy atom. The van der Waals surface area contributed by atoms with Gasteiger partial charge in [-0.25, -0.2) is 0 Å². The Kier molecular flexibility index (Phi) is 10.2. The standard InChI is InChI=1S/C19H35N/c1-8-9-14-20(19(7)17(4)5)15-13-18(6)12-10-11-16(2)3/h11,13,17H,7-10,12,14-15H2,1-6H3/b18-13-. The van der Waals surface area contributed by atoms with Crippen LogP contribution in [0.25, 0.3) is 0 Å². The van der Waals surface area contributed by atoms with E-state index in [0.717, 1.165) is 19.5 Å². The van der Waals surface area contributed by atoms with Crippen LogP contribution in [0.4, 0.5) is 0 Å². The Balaban J connectivity index is 4.41. The molecule has 0 spiro atoms. The van der Waals surface area contributed by atoms with Crippen LogP contribution in [-0.2, 0) is 0 Å². The maximum absolute atomic E-state index is 4.26. The highest BCUT2D eigenvalue weighted by molar-refractivity contribution is 5.06. The summed E-state index contributed by atoms with van der Waals surface area (Å²) < 4.78 is 0. The Morgan fingerprint density at radius 1 is 1.15 bits per heavy atom. The van der Waals surface area contributed by atoms with Gasteiger partial charge in [-0.3, -0.25) is 0 Å². The Bertz CT molecular complexity index is 330. The first-order valence-corrected chi connectivity index (χ1v) is 8.11. The van der Waals surface area contributed by atoms with E-state index in [9.17, 15) is 0 Å². The van der Waals surface area contributed by atoms with Crippen molar-refractivity contribution in [1.29, 1.82) is 0 Å².